The summed E-state index contributed by atoms with van der Waals surface area (Å²) in [6.45, 7) is 5.12. The molecule has 0 saturated heterocycles. The number of aryl methyl sites for hydroxylation is 1. The van der Waals surface area contributed by atoms with Crippen molar-refractivity contribution < 1.29 is 13.2 Å². The molecule has 2 heterocycles. The zero-order chi connectivity index (χ0) is 21.7. The van der Waals surface area contributed by atoms with Gasteiger partial charge in [-0.2, -0.15) is 18.4 Å². The smallest absolute Gasteiger partial charge is 0.363 e. The highest BCUT2D eigenvalue weighted by Gasteiger charge is 2.46. The molecule has 0 bridgehead atoms. The maximum Gasteiger partial charge on any atom is 0.416 e. The Kier molecular flexibility index (Phi) is 4.64. The molecule has 5 nitrogen and oxygen atoms in total. The number of nitriles is 1. The van der Waals surface area contributed by atoms with E-state index >= 15 is 0 Å². The topological polar surface area (TPSA) is 74.5 Å². The van der Waals surface area contributed by atoms with Crippen LogP contribution in [0.1, 0.15) is 53.8 Å². The fraction of sp³-hybridized carbons (Fsp3) is 0.364. The molecule has 1 aromatic carbocycles. The Bertz CT molecular complexity index is 1180. The van der Waals surface area contributed by atoms with Gasteiger partial charge in [0.1, 0.15) is 12.1 Å². The van der Waals surface area contributed by atoms with Crippen LogP contribution in [-0.2, 0) is 11.6 Å². The molecular formula is C22H20F3N5. The van der Waals surface area contributed by atoms with Crippen LogP contribution < -0.4 is 5.32 Å². The van der Waals surface area contributed by atoms with Gasteiger partial charge in [-0.3, -0.25) is 0 Å². The van der Waals surface area contributed by atoms with Crippen LogP contribution in [0.5, 0.6) is 0 Å². The van der Waals surface area contributed by atoms with Crippen LogP contribution in [0.4, 0.5) is 19.0 Å². The van der Waals surface area contributed by atoms with Gasteiger partial charge < -0.3 is 5.32 Å². The van der Waals surface area contributed by atoms with Crippen molar-refractivity contribution in [1.82, 2.24) is 15.0 Å². The van der Waals surface area contributed by atoms with Crippen LogP contribution in [0.2, 0.25) is 0 Å². The van der Waals surface area contributed by atoms with Gasteiger partial charge >= 0.3 is 6.18 Å². The summed E-state index contributed by atoms with van der Waals surface area (Å²) in [4.78, 5) is 13.1. The molecule has 8 heteroatoms. The number of rotatable bonds is 4. The maximum atomic E-state index is 13.3. The number of nitrogens with one attached hydrogen (secondary N) is 1. The van der Waals surface area contributed by atoms with E-state index in [1.807, 2.05) is 13.0 Å². The summed E-state index contributed by atoms with van der Waals surface area (Å²) in [6, 6.07) is 8.01. The molecule has 1 saturated carbocycles. The van der Waals surface area contributed by atoms with Crippen molar-refractivity contribution in [1.29, 1.82) is 5.26 Å². The molecule has 0 aliphatic heterocycles. The first-order valence-electron chi connectivity index (χ1n) is 9.63. The molecule has 1 fully saturated rings. The van der Waals surface area contributed by atoms with E-state index in [0.717, 1.165) is 30.2 Å². The summed E-state index contributed by atoms with van der Waals surface area (Å²) in [5.41, 5.74) is 1.65. The van der Waals surface area contributed by atoms with Gasteiger partial charge in [-0.1, -0.05) is 12.1 Å². The second kappa shape index (κ2) is 6.94. The van der Waals surface area contributed by atoms with Gasteiger partial charge in [0.15, 0.2) is 5.65 Å². The number of halogens is 3. The predicted octanol–water partition coefficient (Wildman–Crippen LogP) is 5.39. The van der Waals surface area contributed by atoms with Crippen molar-refractivity contribution in [2.75, 3.05) is 5.32 Å². The standard InChI is InChI=1S/C22H20F3N5/c1-12-15(5-4-6-17(12)22(23,24)25)13(2)29-19-16-9-18(21(10-26)7-8-21)14(3)30-20(16)28-11-27-19/h4-6,9,11,13H,7-8H2,1-3H3,(H,27,28,29,30)/t13-/m1/s1. The average molecular weight is 411 g/mol. The third-order valence-electron chi connectivity index (χ3n) is 5.80. The Hall–Kier alpha value is -3.21. The molecule has 0 spiro atoms. The Morgan fingerprint density at radius 2 is 1.93 bits per heavy atom. The second-order valence-electron chi connectivity index (χ2n) is 7.79. The first-order chi connectivity index (χ1) is 14.2. The molecular weight excluding hydrogens is 391 g/mol. The second-order valence-corrected chi connectivity index (χ2v) is 7.79. The van der Waals surface area contributed by atoms with Crippen LogP contribution in [0.25, 0.3) is 11.0 Å². The molecule has 4 rings (SSSR count). The van der Waals surface area contributed by atoms with Gasteiger partial charge in [0.2, 0.25) is 0 Å². The number of hydrogen-bond donors (Lipinski definition) is 1. The monoisotopic (exact) mass is 411 g/mol. The molecule has 1 N–H and O–H groups in total. The lowest BCUT2D eigenvalue weighted by atomic mass is 9.95. The molecule has 1 atom stereocenters. The largest absolute Gasteiger partial charge is 0.416 e. The van der Waals surface area contributed by atoms with Gasteiger partial charge in [0.05, 0.1) is 28.5 Å². The fourth-order valence-electron chi connectivity index (χ4n) is 3.95. The average Bonchev–Trinajstić information content (AvgIpc) is 3.48. The van der Waals surface area contributed by atoms with Gasteiger partial charge in [0.25, 0.3) is 0 Å². The number of fused-ring (bicyclic) bond motifs is 1. The minimum Gasteiger partial charge on any atom is -0.363 e. The molecule has 3 aromatic rings. The number of pyridine rings is 1. The minimum absolute atomic E-state index is 0.180. The molecule has 1 aliphatic rings. The zero-order valence-electron chi connectivity index (χ0n) is 16.8. The van der Waals surface area contributed by atoms with Crippen molar-refractivity contribution in [2.24, 2.45) is 0 Å². The summed E-state index contributed by atoms with van der Waals surface area (Å²) in [5, 5.41) is 13.4. The van der Waals surface area contributed by atoms with Crippen molar-refractivity contribution in [3.05, 3.63) is 58.5 Å². The third-order valence-corrected chi connectivity index (χ3v) is 5.80. The van der Waals surface area contributed by atoms with Gasteiger partial charge in [0, 0.05) is 5.69 Å². The minimum atomic E-state index is -4.41. The lowest BCUT2D eigenvalue weighted by molar-refractivity contribution is -0.138. The van der Waals surface area contributed by atoms with Gasteiger partial charge in [-0.15, -0.1) is 0 Å². The first kappa shape index (κ1) is 20.1. The summed E-state index contributed by atoms with van der Waals surface area (Å²) < 4.78 is 39.9. The zero-order valence-corrected chi connectivity index (χ0v) is 16.8. The third kappa shape index (κ3) is 3.34. The molecule has 0 amide bonds. The fourth-order valence-corrected chi connectivity index (χ4v) is 3.95. The molecule has 0 unspecified atom stereocenters. The number of alkyl halides is 3. The van der Waals surface area contributed by atoms with Crippen LogP contribution >= 0.6 is 0 Å². The molecule has 2 aromatic heterocycles. The number of hydrogen-bond acceptors (Lipinski definition) is 5. The summed E-state index contributed by atoms with van der Waals surface area (Å²) in [5.74, 6) is 0.479. The number of benzene rings is 1. The Labute approximate surface area is 172 Å². The number of anilines is 1. The number of aromatic nitrogens is 3. The Morgan fingerprint density at radius 3 is 2.57 bits per heavy atom. The molecule has 154 valence electrons. The highest BCUT2D eigenvalue weighted by Crippen LogP contribution is 2.49. The van der Waals surface area contributed by atoms with Crippen LogP contribution in [0, 0.1) is 25.2 Å². The van der Waals surface area contributed by atoms with E-state index in [0.29, 0.717) is 22.4 Å². The maximum absolute atomic E-state index is 13.3. The molecule has 30 heavy (non-hydrogen) atoms. The van der Waals surface area contributed by atoms with E-state index in [1.54, 1.807) is 13.0 Å². The summed E-state index contributed by atoms with van der Waals surface area (Å²) in [7, 11) is 0. The summed E-state index contributed by atoms with van der Waals surface area (Å²) in [6.07, 6.45) is -1.46. The normalized spacial score (nSPS) is 16.2. The van der Waals surface area contributed by atoms with Crippen LogP contribution in [-0.4, -0.2) is 15.0 Å². The van der Waals surface area contributed by atoms with E-state index in [4.69, 9.17) is 0 Å². The van der Waals surface area contributed by atoms with Crippen molar-refractivity contribution in [3.63, 3.8) is 0 Å². The quantitative estimate of drug-likeness (QED) is 0.623. The van der Waals surface area contributed by atoms with E-state index in [-0.39, 0.29) is 5.56 Å². The van der Waals surface area contributed by atoms with E-state index in [9.17, 15) is 18.4 Å². The highest BCUT2D eigenvalue weighted by atomic mass is 19.4. The van der Waals surface area contributed by atoms with Crippen LogP contribution in [0.3, 0.4) is 0 Å². The molecule has 0 radical (unpaired) electrons. The van der Waals surface area contributed by atoms with E-state index < -0.39 is 23.2 Å². The Balaban J connectivity index is 1.75. The van der Waals surface area contributed by atoms with E-state index in [2.05, 4.69) is 26.3 Å². The van der Waals surface area contributed by atoms with E-state index in [1.165, 1.54) is 19.3 Å². The van der Waals surface area contributed by atoms with Crippen molar-refractivity contribution >= 4 is 16.9 Å². The van der Waals surface area contributed by atoms with Crippen molar-refractivity contribution in [3.8, 4) is 6.07 Å². The van der Waals surface area contributed by atoms with Crippen LogP contribution in [0.15, 0.2) is 30.6 Å². The highest BCUT2D eigenvalue weighted by molar-refractivity contribution is 5.87. The number of nitrogens with zero attached hydrogens (tertiary/aromatic N) is 4. The predicted molar refractivity (Wildman–Crippen MR) is 107 cm³/mol. The van der Waals surface area contributed by atoms with Gasteiger partial charge in [-0.05, 0) is 62.4 Å². The molecule has 1 aliphatic carbocycles. The lowest BCUT2D eigenvalue weighted by Crippen LogP contribution is -2.15. The lowest BCUT2D eigenvalue weighted by Gasteiger charge is -2.21. The first-order valence-corrected chi connectivity index (χ1v) is 9.63. The van der Waals surface area contributed by atoms with Crippen molar-refractivity contribution in [2.45, 2.75) is 51.2 Å². The summed E-state index contributed by atoms with van der Waals surface area (Å²) >= 11 is 0. The SMILES string of the molecule is Cc1nc2ncnc(N[C@H](C)c3cccc(C(F)(F)F)c3C)c2cc1C1(C#N)CC1. The Morgan fingerprint density at radius 1 is 1.20 bits per heavy atom. The van der Waals surface area contributed by atoms with Gasteiger partial charge in [-0.25, -0.2) is 15.0 Å².